The molecule has 1 rings (SSSR count). The highest BCUT2D eigenvalue weighted by Crippen LogP contribution is 2.07. The summed E-state index contributed by atoms with van der Waals surface area (Å²) in [5, 5.41) is 6.31. The second-order valence-corrected chi connectivity index (χ2v) is 3.18. The molecule has 0 saturated carbocycles. The van der Waals surface area contributed by atoms with Crippen molar-refractivity contribution in [3.63, 3.8) is 0 Å². The first-order chi connectivity index (χ1) is 7.33. The van der Waals surface area contributed by atoms with Crippen LogP contribution in [0.25, 0.3) is 0 Å². The Kier molecular flexibility index (Phi) is 5.73. The summed E-state index contributed by atoms with van der Waals surface area (Å²) < 4.78 is 17.7. The minimum atomic E-state index is -0.215. The van der Waals surface area contributed by atoms with E-state index in [0.717, 1.165) is 25.3 Å². The molecule has 1 aromatic rings. The Balaban J connectivity index is 2.10. The Morgan fingerprint density at radius 3 is 2.87 bits per heavy atom. The second kappa shape index (κ2) is 7.20. The minimum Gasteiger partial charge on any atom is -0.384 e. The van der Waals surface area contributed by atoms with Crippen LogP contribution in [0.3, 0.4) is 0 Å². The van der Waals surface area contributed by atoms with Crippen molar-refractivity contribution in [1.29, 1.82) is 0 Å². The molecule has 15 heavy (non-hydrogen) atoms. The van der Waals surface area contributed by atoms with Crippen LogP contribution >= 0.6 is 0 Å². The van der Waals surface area contributed by atoms with Gasteiger partial charge in [-0.05, 0) is 18.2 Å². The summed E-state index contributed by atoms with van der Waals surface area (Å²) in [6.07, 6.45) is 0. The quantitative estimate of drug-likeness (QED) is 0.672. The van der Waals surface area contributed by atoms with Crippen LogP contribution in [0, 0.1) is 5.82 Å². The number of hydrogen-bond donors (Lipinski definition) is 2. The molecule has 4 heteroatoms. The fourth-order valence-electron chi connectivity index (χ4n) is 1.19. The summed E-state index contributed by atoms with van der Waals surface area (Å²) >= 11 is 0. The zero-order chi connectivity index (χ0) is 10.9. The number of hydrogen-bond acceptors (Lipinski definition) is 3. The number of ether oxygens (including phenoxy) is 1. The highest BCUT2D eigenvalue weighted by Gasteiger charge is 1.93. The van der Waals surface area contributed by atoms with Gasteiger partial charge in [0, 0.05) is 32.4 Å². The van der Waals surface area contributed by atoms with E-state index in [0.29, 0.717) is 6.61 Å². The Labute approximate surface area is 89.6 Å². The van der Waals surface area contributed by atoms with Gasteiger partial charge < -0.3 is 15.4 Å². The maximum Gasteiger partial charge on any atom is 0.125 e. The van der Waals surface area contributed by atoms with Crippen LogP contribution in [-0.4, -0.2) is 33.4 Å². The molecule has 0 bridgehead atoms. The zero-order valence-electron chi connectivity index (χ0n) is 8.92. The van der Waals surface area contributed by atoms with Crippen molar-refractivity contribution in [2.75, 3.05) is 38.7 Å². The molecule has 0 radical (unpaired) electrons. The third kappa shape index (κ3) is 5.34. The lowest BCUT2D eigenvalue weighted by molar-refractivity contribution is 0.200. The van der Waals surface area contributed by atoms with E-state index in [1.54, 1.807) is 13.2 Å². The molecule has 0 fully saturated rings. The summed E-state index contributed by atoms with van der Waals surface area (Å²) in [7, 11) is 1.67. The van der Waals surface area contributed by atoms with Gasteiger partial charge in [0.25, 0.3) is 0 Å². The zero-order valence-corrected chi connectivity index (χ0v) is 8.92. The standard InChI is InChI=1S/C11H17FN2O/c1-15-8-7-13-5-6-14-11-4-2-3-10(12)9-11/h2-4,9,13-14H,5-8H2,1H3. The highest BCUT2D eigenvalue weighted by molar-refractivity contribution is 5.42. The molecule has 0 aromatic heterocycles. The number of nitrogens with one attached hydrogen (secondary N) is 2. The second-order valence-electron chi connectivity index (χ2n) is 3.18. The van der Waals surface area contributed by atoms with E-state index in [4.69, 9.17) is 4.74 Å². The number of benzene rings is 1. The van der Waals surface area contributed by atoms with Gasteiger partial charge in [0.1, 0.15) is 5.82 Å². The largest absolute Gasteiger partial charge is 0.384 e. The van der Waals surface area contributed by atoms with Gasteiger partial charge in [-0.25, -0.2) is 4.39 Å². The molecule has 3 nitrogen and oxygen atoms in total. The van der Waals surface area contributed by atoms with Gasteiger partial charge in [-0.15, -0.1) is 0 Å². The van der Waals surface area contributed by atoms with E-state index in [9.17, 15) is 4.39 Å². The summed E-state index contributed by atoms with van der Waals surface area (Å²) in [5.41, 5.74) is 0.809. The molecule has 0 amide bonds. The van der Waals surface area contributed by atoms with E-state index in [1.807, 2.05) is 6.07 Å². The molecular weight excluding hydrogens is 195 g/mol. The van der Waals surface area contributed by atoms with Gasteiger partial charge in [0.15, 0.2) is 0 Å². The van der Waals surface area contributed by atoms with E-state index < -0.39 is 0 Å². The molecule has 0 unspecified atom stereocenters. The van der Waals surface area contributed by atoms with Crippen molar-refractivity contribution in [3.8, 4) is 0 Å². The van der Waals surface area contributed by atoms with E-state index in [1.165, 1.54) is 12.1 Å². The van der Waals surface area contributed by atoms with Crippen molar-refractivity contribution in [2.24, 2.45) is 0 Å². The molecule has 0 aliphatic heterocycles. The Morgan fingerprint density at radius 1 is 1.27 bits per heavy atom. The van der Waals surface area contributed by atoms with Crippen LogP contribution in [-0.2, 0) is 4.74 Å². The average molecular weight is 212 g/mol. The van der Waals surface area contributed by atoms with E-state index in [2.05, 4.69) is 10.6 Å². The molecule has 0 heterocycles. The van der Waals surface area contributed by atoms with Crippen LogP contribution in [0.1, 0.15) is 0 Å². The number of halogens is 1. The Bertz CT molecular complexity index is 281. The lowest BCUT2D eigenvalue weighted by Gasteiger charge is -2.07. The first-order valence-corrected chi connectivity index (χ1v) is 5.02. The molecular formula is C11H17FN2O. The fourth-order valence-corrected chi connectivity index (χ4v) is 1.19. The molecule has 84 valence electrons. The van der Waals surface area contributed by atoms with Gasteiger partial charge in [-0.2, -0.15) is 0 Å². The average Bonchev–Trinajstić information content (AvgIpc) is 2.23. The maximum absolute atomic E-state index is 12.8. The normalized spacial score (nSPS) is 10.3. The third-order valence-electron chi connectivity index (χ3n) is 1.94. The number of rotatable bonds is 7. The van der Waals surface area contributed by atoms with Gasteiger partial charge in [0.05, 0.1) is 6.61 Å². The first kappa shape index (κ1) is 11.9. The van der Waals surface area contributed by atoms with Crippen LogP contribution in [0.2, 0.25) is 0 Å². The van der Waals surface area contributed by atoms with E-state index >= 15 is 0 Å². The lowest BCUT2D eigenvalue weighted by Crippen LogP contribution is -2.25. The SMILES string of the molecule is COCCNCCNc1cccc(F)c1. The lowest BCUT2D eigenvalue weighted by atomic mass is 10.3. The predicted molar refractivity (Wildman–Crippen MR) is 59.6 cm³/mol. The highest BCUT2D eigenvalue weighted by atomic mass is 19.1. The topological polar surface area (TPSA) is 33.3 Å². The number of methoxy groups -OCH3 is 1. The van der Waals surface area contributed by atoms with Crippen molar-refractivity contribution in [1.82, 2.24) is 5.32 Å². The Hall–Kier alpha value is -1.13. The molecule has 2 N–H and O–H groups in total. The Morgan fingerprint density at radius 2 is 2.13 bits per heavy atom. The van der Waals surface area contributed by atoms with Crippen molar-refractivity contribution in [3.05, 3.63) is 30.1 Å². The van der Waals surface area contributed by atoms with Gasteiger partial charge in [-0.3, -0.25) is 0 Å². The fraction of sp³-hybridized carbons (Fsp3) is 0.455. The van der Waals surface area contributed by atoms with Crippen LogP contribution in [0.5, 0.6) is 0 Å². The monoisotopic (exact) mass is 212 g/mol. The van der Waals surface area contributed by atoms with Crippen LogP contribution in [0.4, 0.5) is 10.1 Å². The maximum atomic E-state index is 12.8. The van der Waals surface area contributed by atoms with Gasteiger partial charge in [-0.1, -0.05) is 6.07 Å². The molecule has 0 aliphatic carbocycles. The summed E-state index contributed by atoms with van der Waals surface area (Å²) in [4.78, 5) is 0. The summed E-state index contributed by atoms with van der Waals surface area (Å²) in [5.74, 6) is -0.215. The number of anilines is 1. The molecule has 1 aromatic carbocycles. The van der Waals surface area contributed by atoms with Crippen molar-refractivity contribution < 1.29 is 9.13 Å². The molecule has 0 atom stereocenters. The first-order valence-electron chi connectivity index (χ1n) is 5.02. The van der Waals surface area contributed by atoms with Crippen molar-refractivity contribution >= 4 is 5.69 Å². The smallest absolute Gasteiger partial charge is 0.125 e. The van der Waals surface area contributed by atoms with Crippen LogP contribution < -0.4 is 10.6 Å². The third-order valence-corrected chi connectivity index (χ3v) is 1.94. The minimum absolute atomic E-state index is 0.215. The molecule has 0 aliphatic rings. The molecule has 0 spiro atoms. The molecule has 0 saturated heterocycles. The van der Waals surface area contributed by atoms with Gasteiger partial charge >= 0.3 is 0 Å². The van der Waals surface area contributed by atoms with Gasteiger partial charge in [0.2, 0.25) is 0 Å². The predicted octanol–water partition coefficient (Wildman–Crippen LogP) is 1.47. The van der Waals surface area contributed by atoms with E-state index in [-0.39, 0.29) is 5.82 Å². The van der Waals surface area contributed by atoms with Crippen LogP contribution in [0.15, 0.2) is 24.3 Å². The van der Waals surface area contributed by atoms with Crippen molar-refractivity contribution in [2.45, 2.75) is 0 Å². The summed E-state index contributed by atoms with van der Waals surface area (Å²) in [6.45, 7) is 3.15. The summed E-state index contributed by atoms with van der Waals surface area (Å²) in [6, 6.07) is 6.45.